The zero-order chi connectivity index (χ0) is 13.9. The van der Waals surface area contributed by atoms with Crippen LogP contribution in [0.1, 0.15) is 37.8 Å². The largest absolute Gasteiger partial charge is 0.382 e. The number of hydrogen-bond donors (Lipinski definition) is 2. The second-order valence-corrected chi connectivity index (χ2v) is 5.74. The number of aromatic nitrogens is 2. The molecule has 2 aliphatic rings. The van der Waals surface area contributed by atoms with Gasteiger partial charge >= 0.3 is 0 Å². The van der Waals surface area contributed by atoms with Crippen LogP contribution in [0, 0.1) is 5.92 Å². The lowest BCUT2D eigenvalue weighted by Gasteiger charge is -2.34. The van der Waals surface area contributed by atoms with E-state index in [0.29, 0.717) is 17.7 Å². The molecule has 1 saturated heterocycles. The van der Waals surface area contributed by atoms with Gasteiger partial charge in [0, 0.05) is 37.3 Å². The third-order valence-electron chi connectivity index (χ3n) is 4.41. The molecule has 0 amide bonds. The number of nitrogens with one attached hydrogen (secondary N) is 1. The van der Waals surface area contributed by atoms with E-state index in [1.54, 1.807) is 0 Å². The van der Waals surface area contributed by atoms with Crippen molar-refractivity contribution in [2.45, 2.75) is 32.1 Å². The molecular weight excluding hydrogens is 250 g/mol. The molecular formula is C15H23N5. The van der Waals surface area contributed by atoms with Gasteiger partial charge in [0.1, 0.15) is 11.7 Å². The molecule has 1 unspecified atom stereocenters. The van der Waals surface area contributed by atoms with Crippen molar-refractivity contribution < 1.29 is 0 Å². The van der Waals surface area contributed by atoms with E-state index in [1.807, 2.05) is 6.07 Å². The van der Waals surface area contributed by atoms with Gasteiger partial charge in [0.15, 0.2) is 0 Å². The van der Waals surface area contributed by atoms with E-state index in [1.165, 1.54) is 12.1 Å². The molecule has 3 rings (SSSR count). The lowest BCUT2D eigenvalue weighted by atomic mass is 9.93. The molecule has 1 aromatic rings. The Hall–Kier alpha value is -1.78. The molecule has 0 saturated carbocycles. The van der Waals surface area contributed by atoms with Gasteiger partial charge in [0.2, 0.25) is 0 Å². The monoisotopic (exact) mass is 273 g/mol. The highest BCUT2D eigenvalue weighted by molar-refractivity contribution is 5.93. The first kappa shape index (κ1) is 13.2. The van der Waals surface area contributed by atoms with Crippen LogP contribution in [-0.4, -0.2) is 40.6 Å². The number of likely N-dealkylation sites (tertiary alicyclic amines) is 1. The van der Waals surface area contributed by atoms with E-state index in [-0.39, 0.29) is 0 Å². The third-order valence-corrected chi connectivity index (χ3v) is 4.41. The second kappa shape index (κ2) is 5.69. The van der Waals surface area contributed by atoms with E-state index in [9.17, 15) is 0 Å². The van der Waals surface area contributed by atoms with Crippen LogP contribution in [0.2, 0.25) is 0 Å². The fraction of sp³-hybridized carbons (Fsp3) is 0.600. The van der Waals surface area contributed by atoms with Crippen molar-refractivity contribution in [1.82, 2.24) is 15.1 Å². The predicted octanol–water partition coefficient (Wildman–Crippen LogP) is 2.17. The number of aliphatic imine (C=N–C) groups is 1. The maximum atomic E-state index is 5.67. The van der Waals surface area contributed by atoms with Gasteiger partial charge in [0.05, 0.1) is 0 Å². The molecule has 108 valence electrons. The standard InChI is InChI=1S/C15H23N5/c1-2-11-3-4-15(17-10-11)20-7-5-12(6-8-20)13-9-14(16)19-18-13/h3-4,9,11-12H,2,5-8,10H2,1H3,(H3,16,18,19). The zero-order valence-electron chi connectivity index (χ0n) is 12.0. The first-order valence-electron chi connectivity index (χ1n) is 7.54. The second-order valence-electron chi connectivity index (χ2n) is 5.74. The third kappa shape index (κ3) is 2.71. The molecule has 3 heterocycles. The lowest BCUT2D eigenvalue weighted by Crippen LogP contribution is -2.38. The minimum absolute atomic E-state index is 0.549. The van der Waals surface area contributed by atoms with E-state index < -0.39 is 0 Å². The van der Waals surface area contributed by atoms with Crippen LogP contribution >= 0.6 is 0 Å². The van der Waals surface area contributed by atoms with Crippen molar-refractivity contribution in [2.24, 2.45) is 10.9 Å². The topological polar surface area (TPSA) is 70.3 Å². The minimum atomic E-state index is 0.549. The van der Waals surface area contributed by atoms with E-state index in [0.717, 1.165) is 38.3 Å². The summed E-state index contributed by atoms with van der Waals surface area (Å²) >= 11 is 0. The molecule has 0 aliphatic carbocycles. The van der Waals surface area contributed by atoms with Crippen LogP contribution in [-0.2, 0) is 0 Å². The number of anilines is 1. The molecule has 20 heavy (non-hydrogen) atoms. The average molecular weight is 273 g/mol. The lowest BCUT2D eigenvalue weighted by molar-refractivity contribution is 0.309. The summed E-state index contributed by atoms with van der Waals surface area (Å²) in [6, 6.07) is 1.96. The van der Waals surface area contributed by atoms with Gasteiger partial charge < -0.3 is 10.6 Å². The number of nitrogen functional groups attached to an aromatic ring is 1. The van der Waals surface area contributed by atoms with Crippen LogP contribution in [0.3, 0.4) is 0 Å². The quantitative estimate of drug-likeness (QED) is 0.867. The zero-order valence-corrected chi connectivity index (χ0v) is 12.0. The van der Waals surface area contributed by atoms with Crippen LogP contribution in [0.25, 0.3) is 0 Å². The van der Waals surface area contributed by atoms with Gasteiger partial charge in [-0.1, -0.05) is 13.0 Å². The molecule has 2 aliphatic heterocycles. The molecule has 5 heteroatoms. The van der Waals surface area contributed by atoms with Crippen LogP contribution in [0.5, 0.6) is 0 Å². The highest BCUT2D eigenvalue weighted by Crippen LogP contribution is 2.28. The number of piperidine rings is 1. The van der Waals surface area contributed by atoms with Gasteiger partial charge in [-0.15, -0.1) is 0 Å². The Bertz CT molecular complexity index is 508. The number of dihydropyridines is 1. The van der Waals surface area contributed by atoms with Crippen molar-refractivity contribution in [3.8, 4) is 0 Å². The smallest absolute Gasteiger partial charge is 0.145 e. The van der Waals surface area contributed by atoms with Crippen LogP contribution < -0.4 is 5.73 Å². The van der Waals surface area contributed by atoms with E-state index >= 15 is 0 Å². The van der Waals surface area contributed by atoms with Crippen molar-refractivity contribution in [3.63, 3.8) is 0 Å². The molecule has 0 bridgehead atoms. The highest BCUT2D eigenvalue weighted by Gasteiger charge is 2.24. The molecule has 3 N–H and O–H groups in total. The maximum absolute atomic E-state index is 5.67. The van der Waals surface area contributed by atoms with Gasteiger partial charge in [-0.25, -0.2) is 0 Å². The first-order chi connectivity index (χ1) is 9.76. The predicted molar refractivity (Wildman–Crippen MR) is 81.8 cm³/mol. The Morgan fingerprint density at radius 1 is 1.40 bits per heavy atom. The highest BCUT2D eigenvalue weighted by atomic mass is 15.2. The van der Waals surface area contributed by atoms with Gasteiger partial charge in [0.25, 0.3) is 0 Å². The number of nitrogens with zero attached hydrogens (tertiary/aromatic N) is 3. The number of nitrogens with two attached hydrogens (primary N) is 1. The summed E-state index contributed by atoms with van der Waals surface area (Å²) in [4.78, 5) is 7.12. The normalized spacial score (nSPS) is 23.9. The summed E-state index contributed by atoms with van der Waals surface area (Å²) in [5.74, 6) is 2.93. The summed E-state index contributed by atoms with van der Waals surface area (Å²) in [5, 5.41) is 7.07. The van der Waals surface area contributed by atoms with Gasteiger partial charge in [-0.3, -0.25) is 10.1 Å². The Kier molecular flexibility index (Phi) is 3.76. The van der Waals surface area contributed by atoms with Gasteiger partial charge in [-0.2, -0.15) is 5.10 Å². The van der Waals surface area contributed by atoms with Gasteiger partial charge in [-0.05, 0) is 31.3 Å². The van der Waals surface area contributed by atoms with Crippen LogP contribution in [0.15, 0.2) is 23.2 Å². The summed E-state index contributed by atoms with van der Waals surface area (Å²) in [6.45, 7) is 5.28. The molecule has 0 spiro atoms. The SMILES string of the molecule is CCC1C=CC(N2CCC(c3cc(N)n[nH]3)CC2)=NC1. The van der Waals surface area contributed by atoms with Crippen molar-refractivity contribution >= 4 is 11.7 Å². The molecule has 0 aromatic carbocycles. The van der Waals surface area contributed by atoms with Crippen molar-refractivity contribution in [2.75, 3.05) is 25.4 Å². The van der Waals surface area contributed by atoms with E-state index in [4.69, 9.17) is 10.7 Å². The van der Waals surface area contributed by atoms with Crippen molar-refractivity contribution in [1.29, 1.82) is 0 Å². The number of rotatable bonds is 2. The number of hydrogen-bond acceptors (Lipinski definition) is 4. The fourth-order valence-corrected chi connectivity index (χ4v) is 3.00. The van der Waals surface area contributed by atoms with E-state index in [2.05, 4.69) is 34.2 Å². The summed E-state index contributed by atoms with van der Waals surface area (Å²) in [6.07, 6.45) is 7.95. The molecule has 5 nitrogen and oxygen atoms in total. The molecule has 1 atom stereocenters. The Morgan fingerprint density at radius 3 is 2.75 bits per heavy atom. The minimum Gasteiger partial charge on any atom is -0.382 e. The Labute approximate surface area is 120 Å². The average Bonchev–Trinajstić information content (AvgIpc) is 2.94. The Balaban J connectivity index is 1.57. The number of amidine groups is 1. The molecule has 1 fully saturated rings. The number of aromatic amines is 1. The first-order valence-corrected chi connectivity index (χ1v) is 7.54. The van der Waals surface area contributed by atoms with Crippen molar-refractivity contribution in [3.05, 3.63) is 23.9 Å². The molecule has 0 radical (unpaired) electrons. The van der Waals surface area contributed by atoms with Crippen LogP contribution in [0.4, 0.5) is 5.82 Å². The summed E-state index contributed by atoms with van der Waals surface area (Å²) < 4.78 is 0. The number of H-pyrrole nitrogens is 1. The summed E-state index contributed by atoms with van der Waals surface area (Å²) in [5.41, 5.74) is 6.85. The fourth-order valence-electron chi connectivity index (χ4n) is 3.00. The molecule has 1 aromatic heterocycles. The Morgan fingerprint density at radius 2 is 2.20 bits per heavy atom. The summed E-state index contributed by atoms with van der Waals surface area (Å²) in [7, 11) is 0. The maximum Gasteiger partial charge on any atom is 0.145 e.